The van der Waals surface area contributed by atoms with Crippen LogP contribution in [0.15, 0.2) is 17.3 Å². The van der Waals surface area contributed by atoms with Gasteiger partial charge in [-0.3, -0.25) is 5.10 Å². The lowest BCUT2D eigenvalue weighted by Crippen LogP contribution is -2.34. The van der Waals surface area contributed by atoms with Gasteiger partial charge in [0.15, 0.2) is 5.03 Å². The summed E-state index contributed by atoms with van der Waals surface area (Å²) in [6, 6.07) is 1.41. The first-order valence-corrected chi connectivity index (χ1v) is 6.94. The Kier molecular flexibility index (Phi) is 4.35. The molecule has 2 N–H and O–H groups in total. The van der Waals surface area contributed by atoms with Crippen molar-refractivity contribution in [2.24, 2.45) is 5.41 Å². The minimum Gasteiger partial charge on any atom is -0.266 e. The van der Waals surface area contributed by atoms with Gasteiger partial charge in [-0.2, -0.15) is 5.10 Å². The number of nitrogens with zero attached hydrogens (tertiary/aromatic N) is 1. The molecule has 0 aliphatic heterocycles. The highest BCUT2D eigenvalue weighted by Crippen LogP contribution is 2.20. The maximum absolute atomic E-state index is 11.7. The molecule has 0 bridgehead atoms. The summed E-state index contributed by atoms with van der Waals surface area (Å²) in [6.07, 6.45) is 2.15. The van der Waals surface area contributed by atoms with Crippen LogP contribution in [0.3, 0.4) is 0 Å². The van der Waals surface area contributed by atoms with Gasteiger partial charge in [0, 0.05) is 12.4 Å². The summed E-state index contributed by atoms with van der Waals surface area (Å²) in [4.78, 5) is 0. The first-order valence-electron chi connectivity index (χ1n) is 4.92. The monoisotopic (exact) mass is 265 g/mol. The van der Waals surface area contributed by atoms with Gasteiger partial charge in [0.2, 0.25) is 0 Å². The molecule has 0 saturated carbocycles. The molecule has 16 heavy (non-hydrogen) atoms. The van der Waals surface area contributed by atoms with Gasteiger partial charge in [-0.15, -0.1) is 11.6 Å². The van der Waals surface area contributed by atoms with E-state index in [1.165, 1.54) is 12.3 Å². The van der Waals surface area contributed by atoms with Crippen molar-refractivity contribution in [1.29, 1.82) is 0 Å². The van der Waals surface area contributed by atoms with Crippen LogP contribution in [0.4, 0.5) is 0 Å². The fraction of sp³-hybridized carbons (Fsp3) is 0.667. The highest BCUT2D eigenvalue weighted by Gasteiger charge is 2.22. The summed E-state index contributed by atoms with van der Waals surface area (Å²) in [5, 5.41) is 6.10. The Hall–Kier alpha value is -0.590. The zero-order valence-corrected chi connectivity index (χ0v) is 10.9. The van der Waals surface area contributed by atoms with Crippen LogP contribution in [0.2, 0.25) is 0 Å². The van der Waals surface area contributed by atoms with Crippen LogP contribution in [0.25, 0.3) is 0 Å². The van der Waals surface area contributed by atoms with E-state index >= 15 is 0 Å². The maximum atomic E-state index is 11.7. The van der Waals surface area contributed by atoms with E-state index in [1.54, 1.807) is 0 Å². The normalized spacial score (nSPS) is 12.9. The number of rotatable bonds is 6. The Morgan fingerprint density at radius 2 is 2.25 bits per heavy atom. The molecule has 0 atom stereocenters. The average Bonchev–Trinajstić information content (AvgIpc) is 2.68. The first-order chi connectivity index (χ1) is 7.37. The predicted molar refractivity (Wildman–Crippen MR) is 62.9 cm³/mol. The van der Waals surface area contributed by atoms with E-state index in [0.29, 0.717) is 12.4 Å². The number of hydrogen-bond acceptors (Lipinski definition) is 3. The van der Waals surface area contributed by atoms with Gasteiger partial charge >= 0.3 is 0 Å². The quantitative estimate of drug-likeness (QED) is 0.763. The predicted octanol–water partition coefficient (Wildman–Crippen LogP) is 1.34. The van der Waals surface area contributed by atoms with E-state index in [1.807, 2.05) is 13.8 Å². The first kappa shape index (κ1) is 13.5. The minimum absolute atomic E-state index is 0.0779. The average molecular weight is 266 g/mol. The molecule has 5 nitrogen and oxygen atoms in total. The molecule has 92 valence electrons. The Labute approximate surface area is 101 Å². The number of halogens is 1. The number of alkyl halides is 1. The number of hydrogen-bond donors (Lipinski definition) is 2. The molecule has 1 heterocycles. The molecule has 0 radical (unpaired) electrons. The largest absolute Gasteiger partial charge is 0.266 e. The van der Waals surface area contributed by atoms with Gasteiger partial charge in [-0.1, -0.05) is 13.8 Å². The maximum Gasteiger partial charge on any atom is 0.257 e. The van der Waals surface area contributed by atoms with E-state index in [4.69, 9.17) is 11.6 Å². The minimum atomic E-state index is -3.48. The van der Waals surface area contributed by atoms with Crippen molar-refractivity contribution in [3.8, 4) is 0 Å². The fourth-order valence-corrected chi connectivity index (χ4v) is 2.77. The standard InChI is InChI=1S/C9H16ClN3O2S/c1-9(2,4-5-10)7-12-16(14,15)8-3-6-11-13-8/h3,6,12H,4-5,7H2,1-2H3,(H,11,13). The molecule has 0 aliphatic carbocycles. The molecule has 0 amide bonds. The molecule has 0 saturated heterocycles. The third kappa shape index (κ3) is 3.77. The number of aromatic amines is 1. The zero-order chi connectivity index (χ0) is 12.2. The summed E-state index contributed by atoms with van der Waals surface area (Å²) < 4.78 is 26.0. The SMILES string of the molecule is CC(C)(CCCl)CNS(=O)(=O)c1ccn[nH]1. The molecule has 1 aromatic rings. The summed E-state index contributed by atoms with van der Waals surface area (Å²) in [6.45, 7) is 4.27. The lowest BCUT2D eigenvalue weighted by Gasteiger charge is -2.23. The smallest absolute Gasteiger partial charge is 0.257 e. The number of aromatic nitrogens is 2. The highest BCUT2D eigenvalue weighted by molar-refractivity contribution is 7.89. The third-order valence-corrected chi connectivity index (χ3v) is 3.80. The molecule has 1 aromatic heterocycles. The highest BCUT2D eigenvalue weighted by atomic mass is 35.5. The molecule has 0 aliphatic rings. The summed E-state index contributed by atoms with van der Waals surface area (Å²) in [5.74, 6) is 0.513. The van der Waals surface area contributed by atoms with Crippen molar-refractivity contribution in [2.45, 2.75) is 25.3 Å². The second-order valence-corrected chi connectivity index (χ2v) is 6.46. The van der Waals surface area contributed by atoms with Crippen molar-refractivity contribution >= 4 is 21.6 Å². The van der Waals surface area contributed by atoms with Crippen LogP contribution in [-0.4, -0.2) is 31.0 Å². The molecule has 0 unspecified atom stereocenters. The van der Waals surface area contributed by atoms with Crippen molar-refractivity contribution in [3.63, 3.8) is 0 Å². The van der Waals surface area contributed by atoms with Crippen LogP contribution < -0.4 is 4.72 Å². The van der Waals surface area contributed by atoms with Gasteiger partial charge in [0.25, 0.3) is 10.0 Å². The number of sulfonamides is 1. The van der Waals surface area contributed by atoms with Gasteiger partial charge in [0.05, 0.1) is 6.20 Å². The van der Waals surface area contributed by atoms with Crippen molar-refractivity contribution in [3.05, 3.63) is 12.3 Å². The molecular weight excluding hydrogens is 250 g/mol. The molecule has 1 rings (SSSR count). The third-order valence-electron chi connectivity index (χ3n) is 2.28. The fourth-order valence-electron chi connectivity index (χ4n) is 1.11. The molecule has 7 heteroatoms. The topological polar surface area (TPSA) is 74.8 Å². The lowest BCUT2D eigenvalue weighted by molar-refractivity contribution is 0.352. The van der Waals surface area contributed by atoms with Crippen LogP contribution in [0.5, 0.6) is 0 Å². The Bertz CT molecular complexity index is 414. The van der Waals surface area contributed by atoms with E-state index in [2.05, 4.69) is 14.9 Å². The van der Waals surface area contributed by atoms with Crippen LogP contribution in [0.1, 0.15) is 20.3 Å². The Morgan fingerprint density at radius 1 is 1.56 bits per heavy atom. The van der Waals surface area contributed by atoms with Gasteiger partial charge in [-0.05, 0) is 17.9 Å². The second kappa shape index (κ2) is 5.16. The van der Waals surface area contributed by atoms with Crippen molar-refractivity contribution < 1.29 is 8.42 Å². The lowest BCUT2D eigenvalue weighted by atomic mass is 9.91. The second-order valence-electron chi connectivity index (χ2n) is 4.35. The molecular formula is C9H16ClN3O2S. The summed E-state index contributed by atoms with van der Waals surface area (Å²) >= 11 is 5.64. The summed E-state index contributed by atoms with van der Waals surface area (Å²) in [5.41, 5.74) is -0.158. The van der Waals surface area contributed by atoms with E-state index in [0.717, 1.165) is 6.42 Å². The Balaban J connectivity index is 2.62. The van der Waals surface area contributed by atoms with Gasteiger partial charge in [-0.25, -0.2) is 13.1 Å². The van der Waals surface area contributed by atoms with Crippen LogP contribution in [0, 0.1) is 5.41 Å². The van der Waals surface area contributed by atoms with Crippen molar-refractivity contribution in [1.82, 2.24) is 14.9 Å². The summed E-state index contributed by atoms with van der Waals surface area (Å²) in [7, 11) is -3.48. The number of H-pyrrole nitrogens is 1. The van der Waals surface area contributed by atoms with Crippen molar-refractivity contribution in [2.75, 3.05) is 12.4 Å². The zero-order valence-electron chi connectivity index (χ0n) is 9.33. The van der Waals surface area contributed by atoms with E-state index in [-0.39, 0.29) is 10.4 Å². The number of nitrogens with one attached hydrogen (secondary N) is 2. The van der Waals surface area contributed by atoms with E-state index < -0.39 is 10.0 Å². The van der Waals surface area contributed by atoms with E-state index in [9.17, 15) is 8.42 Å². The molecule has 0 fully saturated rings. The van der Waals surface area contributed by atoms with Crippen LogP contribution >= 0.6 is 11.6 Å². The Morgan fingerprint density at radius 3 is 2.75 bits per heavy atom. The van der Waals surface area contributed by atoms with Gasteiger partial charge < -0.3 is 0 Å². The molecule has 0 aromatic carbocycles. The van der Waals surface area contributed by atoms with Gasteiger partial charge in [0.1, 0.15) is 0 Å². The molecule has 0 spiro atoms. The van der Waals surface area contributed by atoms with Crippen LogP contribution in [-0.2, 0) is 10.0 Å².